The number of halogens is 8. The molecule has 56 heavy (non-hydrogen) atoms. The Bertz CT molecular complexity index is 2610. The van der Waals surface area contributed by atoms with E-state index in [-0.39, 0.29) is 12.1 Å². The maximum atomic E-state index is 3.95. The normalized spacial score (nSPS) is 22.1. The predicted octanol–water partition coefficient (Wildman–Crippen LogP) is 13.1. The van der Waals surface area contributed by atoms with Gasteiger partial charge in [0.1, 0.15) is 0 Å². The molecular formula is C44H26Br8N4. The minimum Gasteiger partial charge on any atom is -0.374 e. The van der Waals surface area contributed by atoms with Gasteiger partial charge in [-0.1, -0.05) is 140 Å². The van der Waals surface area contributed by atoms with Crippen molar-refractivity contribution in [3.8, 4) is 0 Å². The third-order valence-electron chi connectivity index (χ3n) is 9.83. The van der Waals surface area contributed by atoms with Gasteiger partial charge in [0.15, 0.2) is 0 Å². The van der Waals surface area contributed by atoms with Crippen LogP contribution in [0.15, 0.2) is 169 Å². The summed E-state index contributed by atoms with van der Waals surface area (Å²) in [5, 5.41) is 9.93. The Balaban J connectivity index is 1.38. The summed E-state index contributed by atoms with van der Waals surface area (Å²) in [6, 6.07) is 34.1. The fraction of sp³-hybridized carbons (Fsp3) is 0.0455. The third kappa shape index (κ3) is 7.86. The Morgan fingerprint density at radius 2 is 0.679 bits per heavy atom. The lowest BCUT2D eigenvalue weighted by Gasteiger charge is -2.20. The molecule has 278 valence electrons. The molecular weight excluding hydrogens is 1220 g/mol. The zero-order chi connectivity index (χ0) is 38.8. The summed E-state index contributed by atoms with van der Waals surface area (Å²) in [7, 11) is 0. The fourth-order valence-corrected chi connectivity index (χ4v) is 12.9. The van der Waals surface area contributed by atoms with Gasteiger partial charge in [0, 0.05) is 91.6 Å². The Labute approximate surface area is 390 Å². The van der Waals surface area contributed by atoms with Gasteiger partial charge in [-0.25, -0.2) is 0 Å². The minimum absolute atomic E-state index is 0.153. The van der Waals surface area contributed by atoms with E-state index in [1.54, 1.807) is 0 Å². The zero-order valence-electron chi connectivity index (χ0n) is 28.7. The molecule has 9 rings (SSSR count). The summed E-state index contributed by atoms with van der Waals surface area (Å²) in [5.74, 6) is 0. The molecule has 6 aromatic rings. The number of H-pyrrole nitrogens is 2. The Morgan fingerprint density at radius 1 is 0.357 bits per heavy atom. The number of rotatable bonds is 4. The summed E-state index contributed by atoms with van der Waals surface area (Å²) in [4.78, 5) is 7.79. The van der Waals surface area contributed by atoms with Crippen molar-refractivity contribution < 1.29 is 0 Å². The van der Waals surface area contributed by atoms with Gasteiger partial charge < -0.3 is 20.6 Å². The van der Waals surface area contributed by atoms with E-state index in [9.17, 15) is 0 Å². The first-order valence-corrected chi connectivity index (χ1v) is 23.7. The summed E-state index contributed by atoms with van der Waals surface area (Å²) in [6.45, 7) is 0. The van der Waals surface area contributed by atoms with Gasteiger partial charge in [0.05, 0.1) is 12.1 Å². The molecule has 8 bridgehead atoms. The highest BCUT2D eigenvalue weighted by molar-refractivity contribution is 9.12. The van der Waals surface area contributed by atoms with Gasteiger partial charge in [-0.05, 0) is 131 Å². The molecule has 2 atom stereocenters. The first-order valence-electron chi connectivity index (χ1n) is 17.3. The molecule has 5 heterocycles. The number of allylic oxidation sites excluding steroid dienone is 2. The van der Waals surface area contributed by atoms with E-state index in [4.69, 9.17) is 0 Å². The van der Waals surface area contributed by atoms with Crippen LogP contribution in [0.5, 0.6) is 0 Å². The van der Waals surface area contributed by atoms with Crippen molar-refractivity contribution in [3.63, 3.8) is 0 Å². The maximum Gasteiger partial charge on any atom is 0.0728 e. The number of benzene rings is 4. The van der Waals surface area contributed by atoms with Gasteiger partial charge >= 0.3 is 0 Å². The second kappa shape index (κ2) is 16.0. The standard InChI is InChI=1S/C44H26Br8N4/c45-25-9-21(10-26(46)17-25)41-33-1-2-34(53-33)42(22-11-27(47)18-28(48)12-22)36-5-6-38(55-36)44(24-15-31(51)20-32(52)16-24)40-8-7-39(56-40)43(37-4-3-35(41)54-37)23-13-29(49)19-30(50)14-23/h1-20,33,39,53-56H/b41-35-,42-34-,43-37-,44-40-. The summed E-state index contributed by atoms with van der Waals surface area (Å²) >= 11 is 30.2. The molecule has 3 aliphatic rings. The Morgan fingerprint density at radius 3 is 1.02 bits per heavy atom. The molecule has 0 spiro atoms. The highest BCUT2D eigenvalue weighted by Crippen LogP contribution is 2.39. The lowest BCUT2D eigenvalue weighted by atomic mass is 9.98. The van der Waals surface area contributed by atoms with E-state index in [1.807, 2.05) is 0 Å². The SMILES string of the molecule is Brc1cc(Br)cc(/C2=C3\C=CC(N3)/C(c3cc(Br)cc(Br)c3)=c3/cc/c([nH]3)=C(\c3cc(Br)cc(Br)c3)C3C=C/C(=C(\c4cc(Br)cc(Br)c4)c4ccc2[nH]4)N3)c1. The Kier molecular flexibility index (Phi) is 11.1. The van der Waals surface area contributed by atoms with E-state index in [2.05, 4.69) is 269 Å². The van der Waals surface area contributed by atoms with Crippen LogP contribution >= 0.6 is 127 Å². The van der Waals surface area contributed by atoms with Crippen molar-refractivity contribution in [2.45, 2.75) is 12.1 Å². The summed E-state index contributed by atoms with van der Waals surface area (Å²) in [5.41, 5.74) is 12.6. The molecule has 12 heteroatoms. The molecule has 2 aromatic heterocycles. The van der Waals surface area contributed by atoms with Gasteiger partial charge in [-0.2, -0.15) is 0 Å². The molecule has 0 saturated heterocycles. The van der Waals surface area contributed by atoms with Gasteiger partial charge in [0.2, 0.25) is 0 Å². The molecule has 0 aliphatic carbocycles. The molecule has 0 fully saturated rings. The van der Waals surface area contributed by atoms with E-state index in [0.717, 1.165) is 114 Å². The number of hydrogen-bond donors (Lipinski definition) is 4. The van der Waals surface area contributed by atoms with Crippen molar-refractivity contribution >= 4 is 150 Å². The number of aromatic nitrogens is 2. The number of nitrogens with one attached hydrogen (secondary N) is 4. The van der Waals surface area contributed by atoms with Crippen LogP contribution in [0.4, 0.5) is 0 Å². The second-order valence-electron chi connectivity index (χ2n) is 13.6. The monoisotopic (exact) mass is 1240 g/mol. The molecule has 2 unspecified atom stereocenters. The van der Waals surface area contributed by atoms with E-state index in [0.29, 0.717) is 0 Å². The van der Waals surface area contributed by atoms with Crippen LogP contribution in [-0.4, -0.2) is 22.1 Å². The molecule has 4 N–H and O–H groups in total. The van der Waals surface area contributed by atoms with E-state index in [1.165, 1.54) is 0 Å². The van der Waals surface area contributed by atoms with Crippen LogP contribution < -0.4 is 21.3 Å². The smallest absolute Gasteiger partial charge is 0.0728 e. The van der Waals surface area contributed by atoms with Crippen molar-refractivity contribution in [2.75, 3.05) is 0 Å². The second-order valence-corrected chi connectivity index (χ2v) is 20.9. The van der Waals surface area contributed by atoms with Crippen molar-refractivity contribution in [3.05, 3.63) is 213 Å². The molecule has 0 amide bonds. The van der Waals surface area contributed by atoms with Gasteiger partial charge in [0.25, 0.3) is 0 Å². The van der Waals surface area contributed by atoms with Crippen molar-refractivity contribution in [2.24, 2.45) is 0 Å². The molecule has 4 aromatic carbocycles. The van der Waals surface area contributed by atoms with Crippen LogP contribution in [0.1, 0.15) is 33.6 Å². The lowest BCUT2D eigenvalue weighted by Crippen LogP contribution is -2.32. The minimum atomic E-state index is -0.153. The Hall–Kier alpha value is -2.42. The largest absolute Gasteiger partial charge is 0.374 e. The third-order valence-corrected chi connectivity index (χ3v) is 13.5. The van der Waals surface area contributed by atoms with Crippen LogP contribution in [0, 0.1) is 0 Å². The van der Waals surface area contributed by atoms with Crippen LogP contribution in [0.3, 0.4) is 0 Å². The lowest BCUT2D eigenvalue weighted by molar-refractivity contribution is 0.849. The molecule has 0 radical (unpaired) electrons. The van der Waals surface area contributed by atoms with Crippen molar-refractivity contribution in [1.29, 1.82) is 0 Å². The van der Waals surface area contributed by atoms with Crippen LogP contribution in [-0.2, 0) is 0 Å². The zero-order valence-corrected chi connectivity index (χ0v) is 41.4. The van der Waals surface area contributed by atoms with Gasteiger partial charge in [-0.3, -0.25) is 0 Å². The van der Waals surface area contributed by atoms with Crippen molar-refractivity contribution in [1.82, 2.24) is 20.6 Å². The number of aromatic amines is 2. The van der Waals surface area contributed by atoms with Gasteiger partial charge in [-0.15, -0.1) is 0 Å². The number of fused-ring (bicyclic) bond motifs is 8. The highest BCUT2D eigenvalue weighted by Gasteiger charge is 2.28. The van der Waals surface area contributed by atoms with Crippen LogP contribution in [0.2, 0.25) is 0 Å². The predicted molar refractivity (Wildman–Crippen MR) is 257 cm³/mol. The quantitative estimate of drug-likeness (QED) is 0.142. The van der Waals surface area contributed by atoms with E-state index < -0.39 is 0 Å². The number of hydrogen-bond acceptors (Lipinski definition) is 2. The summed E-state index contributed by atoms with van der Waals surface area (Å²) < 4.78 is 7.89. The average Bonchev–Trinajstić information content (AvgIpc) is 3.94. The van der Waals surface area contributed by atoms with E-state index >= 15 is 0 Å². The van der Waals surface area contributed by atoms with Crippen LogP contribution in [0.25, 0.3) is 22.3 Å². The fourth-order valence-electron chi connectivity index (χ4n) is 7.69. The molecule has 0 saturated carbocycles. The average molecular weight is 1250 g/mol. The summed E-state index contributed by atoms with van der Waals surface area (Å²) in [6.07, 6.45) is 8.92. The first-order chi connectivity index (χ1) is 26.9. The maximum absolute atomic E-state index is 3.95. The first kappa shape index (κ1) is 39.1. The topological polar surface area (TPSA) is 55.6 Å². The molecule has 3 aliphatic heterocycles. The molecule has 4 nitrogen and oxygen atoms in total. The highest BCUT2D eigenvalue weighted by atomic mass is 79.9.